The van der Waals surface area contributed by atoms with Crippen LogP contribution >= 0.6 is 11.3 Å². The van der Waals surface area contributed by atoms with Crippen LogP contribution in [0.25, 0.3) is 26.3 Å². The lowest BCUT2D eigenvalue weighted by atomic mass is 10.2. The summed E-state index contributed by atoms with van der Waals surface area (Å²) in [5, 5.41) is 1.04. The zero-order valence-electron chi connectivity index (χ0n) is 12.2. The molecule has 2 aromatic heterocycles. The molecule has 0 aliphatic carbocycles. The lowest BCUT2D eigenvalue weighted by Crippen LogP contribution is -2.18. The fourth-order valence-electron chi connectivity index (χ4n) is 2.40. The van der Waals surface area contributed by atoms with Crippen molar-refractivity contribution in [3.63, 3.8) is 0 Å². The number of fused-ring (bicyclic) bond motifs is 2. The van der Waals surface area contributed by atoms with Gasteiger partial charge in [-0.2, -0.15) is 0 Å². The van der Waals surface area contributed by atoms with E-state index in [2.05, 4.69) is 9.97 Å². The average Bonchev–Trinajstić information content (AvgIpc) is 2.98. The molecule has 6 nitrogen and oxygen atoms in total. The first-order valence-corrected chi connectivity index (χ1v) is 7.69. The van der Waals surface area contributed by atoms with E-state index in [0.29, 0.717) is 21.7 Å². The molecule has 2 heterocycles. The van der Waals surface area contributed by atoms with Crippen LogP contribution in [0.5, 0.6) is 5.75 Å². The number of rotatable bonds is 2. The predicted molar refractivity (Wildman–Crippen MR) is 91.5 cm³/mol. The van der Waals surface area contributed by atoms with Crippen LogP contribution in [0, 0.1) is 0 Å². The third-order valence-corrected chi connectivity index (χ3v) is 4.59. The Labute approximate surface area is 134 Å². The Morgan fingerprint density at radius 1 is 1.17 bits per heavy atom. The van der Waals surface area contributed by atoms with Crippen LogP contribution < -0.4 is 16.0 Å². The molecule has 0 amide bonds. The molecule has 0 unspecified atom stereocenters. The maximum absolute atomic E-state index is 12.7. The molecule has 0 bridgehead atoms. The fourth-order valence-corrected chi connectivity index (χ4v) is 3.36. The Balaban J connectivity index is 1.95. The second-order valence-electron chi connectivity index (χ2n) is 5.03. The van der Waals surface area contributed by atoms with Crippen LogP contribution in [0.1, 0.15) is 0 Å². The monoisotopic (exact) mass is 324 g/mol. The zero-order chi connectivity index (χ0) is 16.0. The lowest BCUT2D eigenvalue weighted by Gasteiger charge is -2.03. The molecular formula is C16H12N4O2S. The van der Waals surface area contributed by atoms with E-state index in [-0.39, 0.29) is 5.56 Å². The molecule has 114 valence electrons. The van der Waals surface area contributed by atoms with Gasteiger partial charge in [-0.05, 0) is 36.4 Å². The van der Waals surface area contributed by atoms with Gasteiger partial charge in [-0.25, -0.2) is 14.5 Å². The van der Waals surface area contributed by atoms with E-state index in [4.69, 9.17) is 10.5 Å². The quantitative estimate of drug-likeness (QED) is 0.573. The van der Waals surface area contributed by atoms with Crippen LogP contribution in [0.3, 0.4) is 0 Å². The standard InChI is InChI=1S/C16H12N4O2S/c1-22-10-3-5-13-14(7-10)23-16(19-13)20-8-18-12-4-2-9(17)6-11(12)15(20)21/h2-8H,17H2,1H3. The number of hydrogen-bond donors (Lipinski definition) is 1. The molecule has 23 heavy (non-hydrogen) atoms. The molecule has 4 rings (SSSR count). The van der Waals surface area contributed by atoms with Crippen molar-refractivity contribution >= 4 is 38.1 Å². The van der Waals surface area contributed by atoms with Crippen molar-refractivity contribution in [2.45, 2.75) is 0 Å². The van der Waals surface area contributed by atoms with Crippen molar-refractivity contribution in [2.24, 2.45) is 0 Å². The zero-order valence-corrected chi connectivity index (χ0v) is 13.0. The Kier molecular flexibility index (Phi) is 3.02. The highest BCUT2D eigenvalue weighted by molar-refractivity contribution is 7.20. The van der Waals surface area contributed by atoms with Crippen molar-refractivity contribution in [3.05, 3.63) is 53.1 Å². The molecule has 0 saturated carbocycles. The maximum Gasteiger partial charge on any atom is 0.267 e. The first-order chi connectivity index (χ1) is 11.2. The predicted octanol–water partition coefficient (Wildman–Crippen LogP) is 2.59. The molecule has 0 fully saturated rings. The summed E-state index contributed by atoms with van der Waals surface area (Å²) in [6.07, 6.45) is 1.50. The number of anilines is 1. The molecule has 7 heteroatoms. The molecule has 0 aliphatic rings. The minimum absolute atomic E-state index is 0.187. The highest BCUT2D eigenvalue weighted by Crippen LogP contribution is 2.27. The van der Waals surface area contributed by atoms with Gasteiger partial charge in [0, 0.05) is 5.69 Å². The largest absolute Gasteiger partial charge is 0.497 e. The number of hydrogen-bond acceptors (Lipinski definition) is 6. The SMILES string of the molecule is COc1ccc2nc(-n3cnc4ccc(N)cc4c3=O)sc2c1. The molecule has 0 atom stereocenters. The second kappa shape index (κ2) is 5.06. The number of nitrogens with two attached hydrogens (primary N) is 1. The van der Waals surface area contributed by atoms with Gasteiger partial charge >= 0.3 is 0 Å². The van der Waals surface area contributed by atoms with Crippen molar-refractivity contribution in [1.29, 1.82) is 0 Å². The molecule has 0 radical (unpaired) electrons. The molecule has 0 spiro atoms. The number of thiazole rings is 1. The van der Waals surface area contributed by atoms with Crippen molar-refractivity contribution in [2.75, 3.05) is 12.8 Å². The van der Waals surface area contributed by atoms with Gasteiger partial charge in [0.2, 0.25) is 0 Å². The summed E-state index contributed by atoms with van der Waals surface area (Å²) in [4.78, 5) is 21.5. The molecule has 2 aromatic carbocycles. The summed E-state index contributed by atoms with van der Waals surface area (Å²) in [5.74, 6) is 0.754. The topological polar surface area (TPSA) is 83.0 Å². The Hall–Kier alpha value is -2.93. The summed E-state index contributed by atoms with van der Waals surface area (Å²) in [5.41, 5.74) is 7.54. The average molecular weight is 324 g/mol. The number of nitrogens with zero attached hydrogens (tertiary/aromatic N) is 3. The van der Waals surface area contributed by atoms with E-state index in [1.54, 1.807) is 25.3 Å². The number of aromatic nitrogens is 3. The van der Waals surface area contributed by atoms with Gasteiger partial charge in [0.15, 0.2) is 5.13 Å². The molecule has 0 aliphatic heterocycles. The van der Waals surface area contributed by atoms with Crippen LogP contribution in [0.2, 0.25) is 0 Å². The number of ether oxygens (including phenoxy) is 1. The van der Waals surface area contributed by atoms with Gasteiger partial charge in [0.05, 0.1) is 28.2 Å². The highest BCUT2D eigenvalue weighted by atomic mass is 32.1. The molecule has 4 aromatic rings. The Bertz CT molecular complexity index is 1100. The summed E-state index contributed by atoms with van der Waals surface area (Å²) in [6.45, 7) is 0. The maximum atomic E-state index is 12.7. The van der Waals surface area contributed by atoms with E-state index in [9.17, 15) is 4.79 Å². The van der Waals surface area contributed by atoms with Gasteiger partial charge in [-0.3, -0.25) is 4.79 Å². The third kappa shape index (κ3) is 2.22. The van der Waals surface area contributed by atoms with Gasteiger partial charge < -0.3 is 10.5 Å². The molecular weight excluding hydrogens is 312 g/mol. The van der Waals surface area contributed by atoms with E-state index in [1.165, 1.54) is 22.2 Å². The highest BCUT2D eigenvalue weighted by Gasteiger charge is 2.11. The molecule has 0 saturated heterocycles. The van der Waals surface area contributed by atoms with Crippen molar-refractivity contribution < 1.29 is 4.74 Å². The van der Waals surface area contributed by atoms with Crippen LogP contribution in [-0.2, 0) is 0 Å². The number of benzene rings is 2. The summed E-state index contributed by atoms with van der Waals surface area (Å²) in [7, 11) is 1.62. The number of methoxy groups -OCH3 is 1. The van der Waals surface area contributed by atoms with Gasteiger partial charge in [0.1, 0.15) is 12.1 Å². The molecule has 2 N–H and O–H groups in total. The number of nitrogen functional groups attached to an aromatic ring is 1. The Morgan fingerprint density at radius 2 is 2.00 bits per heavy atom. The van der Waals surface area contributed by atoms with E-state index in [0.717, 1.165) is 16.0 Å². The van der Waals surface area contributed by atoms with Gasteiger partial charge in [0.25, 0.3) is 5.56 Å². The van der Waals surface area contributed by atoms with Crippen LogP contribution in [0.15, 0.2) is 47.5 Å². The van der Waals surface area contributed by atoms with Gasteiger partial charge in [-0.1, -0.05) is 11.3 Å². The minimum Gasteiger partial charge on any atom is -0.497 e. The fraction of sp³-hybridized carbons (Fsp3) is 0.0625. The Morgan fingerprint density at radius 3 is 2.83 bits per heavy atom. The van der Waals surface area contributed by atoms with Crippen molar-refractivity contribution in [1.82, 2.24) is 14.5 Å². The second-order valence-corrected chi connectivity index (χ2v) is 6.04. The van der Waals surface area contributed by atoms with E-state index in [1.807, 2.05) is 18.2 Å². The summed E-state index contributed by atoms with van der Waals surface area (Å²) < 4.78 is 7.60. The van der Waals surface area contributed by atoms with E-state index < -0.39 is 0 Å². The summed E-state index contributed by atoms with van der Waals surface area (Å²) in [6, 6.07) is 10.7. The third-order valence-electron chi connectivity index (χ3n) is 3.57. The first kappa shape index (κ1) is 13.7. The van der Waals surface area contributed by atoms with Crippen LogP contribution in [-0.4, -0.2) is 21.6 Å². The normalized spacial score (nSPS) is 11.2. The van der Waals surface area contributed by atoms with Gasteiger partial charge in [-0.15, -0.1) is 0 Å². The summed E-state index contributed by atoms with van der Waals surface area (Å²) >= 11 is 1.41. The lowest BCUT2D eigenvalue weighted by molar-refractivity contribution is 0.415. The van der Waals surface area contributed by atoms with E-state index >= 15 is 0 Å². The smallest absolute Gasteiger partial charge is 0.267 e. The van der Waals surface area contributed by atoms with Crippen LogP contribution in [0.4, 0.5) is 5.69 Å². The van der Waals surface area contributed by atoms with Crippen molar-refractivity contribution in [3.8, 4) is 10.9 Å². The minimum atomic E-state index is -0.187. The first-order valence-electron chi connectivity index (χ1n) is 6.87.